The van der Waals surface area contributed by atoms with Crippen LogP contribution in [0.3, 0.4) is 0 Å². The molecule has 1 aromatic rings. The van der Waals surface area contributed by atoms with E-state index in [2.05, 4.69) is 19.9 Å². The molecule has 1 unspecified atom stereocenters. The van der Waals surface area contributed by atoms with Crippen molar-refractivity contribution in [1.82, 2.24) is 4.90 Å². The fourth-order valence-electron chi connectivity index (χ4n) is 1.92. The van der Waals surface area contributed by atoms with Gasteiger partial charge in [0.1, 0.15) is 0 Å². The first-order valence-electron chi connectivity index (χ1n) is 7.50. The van der Waals surface area contributed by atoms with Crippen LogP contribution in [-0.2, 0) is 9.59 Å². The van der Waals surface area contributed by atoms with Gasteiger partial charge in [-0.3, -0.25) is 0 Å². The van der Waals surface area contributed by atoms with E-state index >= 15 is 0 Å². The van der Waals surface area contributed by atoms with Crippen molar-refractivity contribution in [3.8, 4) is 0 Å². The Morgan fingerprint density at radius 2 is 1.82 bits per heavy atom. The number of ketones is 1. The van der Waals surface area contributed by atoms with Crippen LogP contribution < -0.4 is 4.46 Å². The molecule has 0 radical (unpaired) electrons. The molecular weight excluding hydrogens is 341 g/mol. The van der Waals surface area contributed by atoms with E-state index in [0.717, 1.165) is 17.3 Å². The van der Waals surface area contributed by atoms with Gasteiger partial charge in [-0.25, -0.2) is 0 Å². The van der Waals surface area contributed by atoms with Crippen LogP contribution in [-0.4, -0.2) is 45.6 Å². The fourth-order valence-corrected chi connectivity index (χ4v) is 4.33. The number of allylic oxidation sites excluding steroid dienone is 2. The van der Waals surface area contributed by atoms with Crippen LogP contribution in [0.2, 0.25) is 4.82 Å². The van der Waals surface area contributed by atoms with E-state index < -0.39 is 4.82 Å². The van der Waals surface area contributed by atoms with Crippen molar-refractivity contribution in [1.29, 1.82) is 0 Å². The van der Waals surface area contributed by atoms with Gasteiger partial charge in [-0.15, -0.1) is 0 Å². The molecular formula is C18H25NO2Se. The molecule has 1 rings (SSSR count). The first-order valence-corrected chi connectivity index (χ1v) is 9.35. The number of rotatable bonds is 8. The normalized spacial score (nSPS) is 11.6. The van der Waals surface area contributed by atoms with Gasteiger partial charge in [0.25, 0.3) is 0 Å². The van der Waals surface area contributed by atoms with E-state index in [1.165, 1.54) is 10.5 Å². The molecule has 0 spiro atoms. The van der Waals surface area contributed by atoms with Crippen molar-refractivity contribution in [2.24, 2.45) is 0 Å². The van der Waals surface area contributed by atoms with E-state index in [9.17, 15) is 9.59 Å². The predicted molar refractivity (Wildman–Crippen MR) is 92.6 cm³/mol. The van der Waals surface area contributed by atoms with Gasteiger partial charge in [0.2, 0.25) is 0 Å². The van der Waals surface area contributed by atoms with Crippen LogP contribution in [0.4, 0.5) is 0 Å². The zero-order valence-electron chi connectivity index (χ0n) is 13.8. The third-order valence-corrected chi connectivity index (χ3v) is 5.75. The number of nitrogens with zero attached hydrogens (tertiary/aromatic N) is 1. The third-order valence-electron chi connectivity index (χ3n) is 3.13. The van der Waals surface area contributed by atoms with Crippen molar-refractivity contribution < 1.29 is 9.59 Å². The van der Waals surface area contributed by atoms with Gasteiger partial charge in [0.15, 0.2) is 0 Å². The number of Topliss-reactive ketones (excluding diaryl/α,β-unsaturated/α-hetero) is 1. The quantitative estimate of drug-likeness (QED) is 0.307. The number of hydrogen-bond donors (Lipinski definition) is 0. The van der Waals surface area contributed by atoms with Gasteiger partial charge >= 0.3 is 140 Å². The first kappa shape index (κ1) is 18.7. The van der Waals surface area contributed by atoms with Crippen LogP contribution in [0.5, 0.6) is 0 Å². The molecule has 0 fully saturated rings. The second kappa shape index (κ2) is 9.60. The minimum absolute atomic E-state index is 0.0731. The Hall–Kier alpha value is -1.38. The molecule has 22 heavy (non-hydrogen) atoms. The molecule has 3 nitrogen and oxygen atoms in total. The van der Waals surface area contributed by atoms with Gasteiger partial charge in [0.05, 0.1) is 0 Å². The Morgan fingerprint density at radius 3 is 2.36 bits per heavy atom. The monoisotopic (exact) mass is 367 g/mol. The molecule has 0 heterocycles. The first-order chi connectivity index (χ1) is 10.4. The average Bonchev–Trinajstić information content (AvgIpc) is 2.49. The zero-order valence-corrected chi connectivity index (χ0v) is 15.5. The average molecular weight is 366 g/mol. The summed E-state index contributed by atoms with van der Waals surface area (Å²) in [7, 11) is 3.43. The van der Waals surface area contributed by atoms with Gasteiger partial charge in [-0.1, -0.05) is 0 Å². The van der Waals surface area contributed by atoms with Crippen molar-refractivity contribution in [2.75, 3.05) is 14.1 Å². The zero-order chi connectivity index (χ0) is 16.5. The standard InChI is InChI=1S/C18H25NO2Se/c1-14(2)10-8-9-13-16(20)17(18(21)19(3)4)22-15-11-6-5-7-12-15/h5-7,10-12,17H,8-9,13H2,1-4H3. The van der Waals surface area contributed by atoms with Crippen LogP contribution in [0.25, 0.3) is 0 Å². The van der Waals surface area contributed by atoms with Crippen molar-refractivity contribution in [2.45, 2.75) is 37.9 Å². The molecule has 120 valence electrons. The molecule has 0 saturated heterocycles. The van der Waals surface area contributed by atoms with Crippen LogP contribution >= 0.6 is 0 Å². The molecule has 0 aliphatic carbocycles. The molecule has 0 aliphatic rings. The van der Waals surface area contributed by atoms with Crippen molar-refractivity contribution in [3.05, 3.63) is 42.0 Å². The Labute approximate surface area is 139 Å². The summed E-state index contributed by atoms with van der Waals surface area (Å²) < 4.78 is 1.09. The van der Waals surface area contributed by atoms with E-state index in [-0.39, 0.29) is 26.6 Å². The number of amides is 1. The molecule has 4 heteroatoms. The molecule has 0 aliphatic heterocycles. The fraction of sp³-hybridized carbons (Fsp3) is 0.444. The summed E-state index contributed by atoms with van der Waals surface area (Å²) in [6.07, 6.45) is 4.32. The maximum absolute atomic E-state index is 12.5. The SMILES string of the molecule is CC(C)=CCCCC(=O)C([Se]c1ccccc1)C(=O)N(C)C. The van der Waals surface area contributed by atoms with Gasteiger partial charge in [0, 0.05) is 0 Å². The summed E-state index contributed by atoms with van der Waals surface area (Å²) in [5, 5.41) is 0. The molecule has 1 atom stereocenters. The van der Waals surface area contributed by atoms with Crippen LogP contribution in [0.1, 0.15) is 33.1 Å². The third kappa shape index (κ3) is 6.59. The minimum atomic E-state index is -0.503. The molecule has 0 aromatic heterocycles. The molecule has 0 bridgehead atoms. The van der Waals surface area contributed by atoms with Gasteiger partial charge in [-0.05, 0) is 0 Å². The van der Waals surface area contributed by atoms with Gasteiger partial charge < -0.3 is 0 Å². The summed E-state index contributed by atoms with van der Waals surface area (Å²) in [4.78, 5) is 25.9. The van der Waals surface area contributed by atoms with Crippen molar-refractivity contribution in [3.63, 3.8) is 0 Å². The molecule has 0 saturated carbocycles. The van der Waals surface area contributed by atoms with Gasteiger partial charge in [-0.2, -0.15) is 0 Å². The summed E-state index contributed by atoms with van der Waals surface area (Å²) in [5.74, 6) is 0.000719. The summed E-state index contributed by atoms with van der Waals surface area (Å²) in [5.41, 5.74) is 1.27. The number of unbranched alkanes of at least 4 members (excludes halogenated alkanes) is 1. The van der Waals surface area contributed by atoms with Crippen LogP contribution in [0, 0.1) is 0 Å². The summed E-state index contributed by atoms with van der Waals surface area (Å²) >= 11 is -0.157. The van der Waals surface area contributed by atoms with Crippen molar-refractivity contribution >= 4 is 31.1 Å². The second-order valence-electron chi connectivity index (χ2n) is 5.68. The second-order valence-corrected chi connectivity index (χ2v) is 8.16. The number of carbonyl (C=O) groups excluding carboxylic acids is 2. The molecule has 1 amide bonds. The number of hydrogen-bond acceptors (Lipinski definition) is 2. The Kier molecular flexibility index (Phi) is 8.15. The van der Waals surface area contributed by atoms with Crippen LogP contribution in [0.15, 0.2) is 42.0 Å². The number of benzene rings is 1. The summed E-state index contributed by atoms with van der Waals surface area (Å²) in [6.45, 7) is 4.11. The maximum atomic E-state index is 12.5. The Bertz CT molecular complexity index is 519. The molecule has 0 N–H and O–H groups in total. The Morgan fingerprint density at radius 1 is 1.18 bits per heavy atom. The van der Waals surface area contributed by atoms with E-state index in [1.807, 2.05) is 30.3 Å². The van der Waals surface area contributed by atoms with E-state index in [0.29, 0.717) is 6.42 Å². The molecule has 1 aromatic carbocycles. The summed E-state index contributed by atoms with van der Waals surface area (Å²) in [6, 6.07) is 9.84. The van der Waals surface area contributed by atoms with E-state index in [4.69, 9.17) is 0 Å². The number of carbonyl (C=O) groups is 2. The Balaban J connectivity index is 2.71. The van der Waals surface area contributed by atoms with E-state index in [1.54, 1.807) is 14.1 Å². The topological polar surface area (TPSA) is 37.4 Å². The predicted octanol–water partition coefficient (Wildman–Crippen LogP) is 2.60.